The lowest BCUT2D eigenvalue weighted by Gasteiger charge is -2.07. The second-order valence-corrected chi connectivity index (χ2v) is 4.35. The summed E-state index contributed by atoms with van der Waals surface area (Å²) in [7, 11) is 1.66. The lowest BCUT2D eigenvalue weighted by molar-refractivity contribution is -0.385. The van der Waals surface area contributed by atoms with Crippen LogP contribution in [0.3, 0.4) is 0 Å². The number of nitrogens with one attached hydrogen (secondary N) is 1. The zero-order chi connectivity index (χ0) is 14.3. The normalized spacial score (nSPS) is 10.5. The quantitative estimate of drug-likeness (QED) is 0.342. The Kier molecular flexibility index (Phi) is 6.44. The van der Waals surface area contributed by atoms with Crippen molar-refractivity contribution in [2.24, 2.45) is 0 Å². The van der Waals surface area contributed by atoms with Gasteiger partial charge in [-0.3, -0.25) is 10.1 Å². The minimum Gasteiger partial charge on any atom is -0.385 e. The molecule has 0 aliphatic heterocycles. The number of unbranched alkanes of at least 4 members (excludes halogenated alkanes) is 2. The average Bonchev–Trinajstić information content (AvgIpc) is 2.32. The summed E-state index contributed by atoms with van der Waals surface area (Å²) in [5.74, 6) is 0.175. The molecule has 0 atom stereocenters. The van der Waals surface area contributed by atoms with Crippen LogP contribution in [0.4, 0.5) is 11.5 Å². The van der Waals surface area contributed by atoms with E-state index in [1.54, 1.807) is 7.11 Å². The number of methoxy groups -OCH3 is 1. The van der Waals surface area contributed by atoms with E-state index in [-0.39, 0.29) is 22.5 Å². The largest absolute Gasteiger partial charge is 0.385 e. The molecule has 0 radical (unpaired) electrons. The molecule has 0 saturated heterocycles. The van der Waals surface area contributed by atoms with Crippen molar-refractivity contribution in [3.8, 4) is 0 Å². The maximum Gasteiger partial charge on any atom is 0.332 e. The van der Waals surface area contributed by atoms with Gasteiger partial charge in [0.2, 0.25) is 11.1 Å². The summed E-state index contributed by atoms with van der Waals surface area (Å²) in [6, 6.07) is 0. The minimum atomic E-state index is -0.501. The molecule has 0 aromatic carbocycles. The third-order valence-corrected chi connectivity index (χ3v) is 2.70. The molecular formula is C11H17ClN4O3. The van der Waals surface area contributed by atoms with Gasteiger partial charge in [0.1, 0.15) is 5.69 Å². The monoisotopic (exact) mass is 288 g/mol. The molecule has 1 heterocycles. The van der Waals surface area contributed by atoms with E-state index in [2.05, 4.69) is 15.3 Å². The molecule has 0 aliphatic rings. The molecule has 0 amide bonds. The van der Waals surface area contributed by atoms with Gasteiger partial charge in [0, 0.05) is 20.3 Å². The van der Waals surface area contributed by atoms with E-state index in [1.807, 2.05) is 0 Å². The van der Waals surface area contributed by atoms with Crippen molar-refractivity contribution < 1.29 is 9.66 Å². The highest BCUT2D eigenvalue weighted by molar-refractivity contribution is 6.28. The van der Waals surface area contributed by atoms with Gasteiger partial charge in [-0.05, 0) is 37.8 Å². The van der Waals surface area contributed by atoms with Crippen molar-refractivity contribution in [2.75, 3.05) is 25.6 Å². The molecule has 7 nitrogen and oxygen atoms in total. The smallest absolute Gasteiger partial charge is 0.332 e. The summed E-state index contributed by atoms with van der Waals surface area (Å²) < 4.78 is 4.94. The van der Waals surface area contributed by atoms with Crippen LogP contribution in [0.25, 0.3) is 0 Å². The van der Waals surface area contributed by atoms with E-state index >= 15 is 0 Å². The molecule has 1 rings (SSSR count). The molecule has 19 heavy (non-hydrogen) atoms. The van der Waals surface area contributed by atoms with Crippen LogP contribution in [-0.4, -0.2) is 35.2 Å². The van der Waals surface area contributed by atoms with Crippen molar-refractivity contribution in [3.05, 3.63) is 21.1 Å². The molecular weight excluding hydrogens is 272 g/mol. The van der Waals surface area contributed by atoms with E-state index in [9.17, 15) is 10.1 Å². The van der Waals surface area contributed by atoms with Crippen LogP contribution >= 0.6 is 11.6 Å². The van der Waals surface area contributed by atoms with Crippen LogP contribution < -0.4 is 5.32 Å². The molecule has 0 fully saturated rings. The van der Waals surface area contributed by atoms with E-state index in [0.717, 1.165) is 25.9 Å². The van der Waals surface area contributed by atoms with Crippen LogP contribution in [0, 0.1) is 17.0 Å². The Labute approximate surface area is 116 Å². The SMILES string of the molecule is COCCCCCNc1nc(Cl)nc(C)c1[N+](=O)[O-]. The van der Waals surface area contributed by atoms with Gasteiger partial charge in [-0.1, -0.05) is 0 Å². The first kappa shape index (κ1) is 15.6. The van der Waals surface area contributed by atoms with E-state index in [0.29, 0.717) is 6.54 Å². The first-order chi connectivity index (χ1) is 9.06. The Bertz CT molecular complexity index is 442. The standard InChI is InChI=1S/C11H17ClN4O3/c1-8-9(16(17)18)10(15-11(12)14-8)13-6-4-3-5-7-19-2/h3-7H2,1-2H3,(H,13,14,15). The van der Waals surface area contributed by atoms with Gasteiger partial charge in [-0.25, -0.2) is 4.98 Å². The number of hydrogen-bond acceptors (Lipinski definition) is 6. The summed E-state index contributed by atoms with van der Waals surface area (Å²) in [4.78, 5) is 18.1. The average molecular weight is 289 g/mol. The number of halogens is 1. The molecule has 0 saturated carbocycles. The fraction of sp³-hybridized carbons (Fsp3) is 0.636. The van der Waals surface area contributed by atoms with Crippen LogP contribution in [0.5, 0.6) is 0 Å². The van der Waals surface area contributed by atoms with Crippen LogP contribution in [0.15, 0.2) is 0 Å². The zero-order valence-corrected chi connectivity index (χ0v) is 11.7. The van der Waals surface area contributed by atoms with E-state index in [4.69, 9.17) is 16.3 Å². The highest BCUT2D eigenvalue weighted by atomic mass is 35.5. The summed E-state index contributed by atoms with van der Waals surface area (Å²) in [6.45, 7) is 2.85. The fourth-order valence-electron chi connectivity index (χ4n) is 1.63. The van der Waals surface area contributed by atoms with Gasteiger partial charge < -0.3 is 10.1 Å². The number of anilines is 1. The van der Waals surface area contributed by atoms with E-state index < -0.39 is 4.92 Å². The topological polar surface area (TPSA) is 90.2 Å². The number of aryl methyl sites for hydroxylation is 1. The Hall–Kier alpha value is -1.47. The third kappa shape index (κ3) is 4.96. The number of hydrogen-bond donors (Lipinski definition) is 1. The van der Waals surface area contributed by atoms with Crippen molar-refractivity contribution in [2.45, 2.75) is 26.2 Å². The molecule has 1 N–H and O–H groups in total. The number of rotatable bonds is 8. The van der Waals surface area contributed by atoms with Crippen LogP contribution in [0.1, 0.15) is 25.0 Å². The maximum atomic E-state index is 11.0. The molecule has 0 unspecified atom stereocenters. The molecule has 0 spiro atoms. The Morgan fingerprint density at radius 1 is 1.37 bits per heavy atom. The van der Waals surface area contributed by atoms with Crippen molar-refractivity contribution in [1.82, 2.24) is 9.97 Å². The van der Waals surface area contributed by atoms with E-state index in [1.165, 1.54) is 6.92 Å². The molecule has 8 heteroatoms. The van der Waals surface area contributed by atoms with Crippen LogP contribution in [0.2, 0.25) is 5.28 Å². The zero-order valence-electron chi connectivity index (χ0n) is 11.0. The number of nitro groups is 1. The first-order valence-electron chi connectivity index (χ1n) is 5.97. The second kappa shape index (κ2) is 7.85. The second-order valence-electron chi connectivity index (χ2n) is 4.01. The van der Waals surface area contributed by atoms with Crippen molar-refractivity contribution in [3.63, 3.8) is 0 Å². The van der Waals surface area contributed by atoms with Gasteiger partial charge in [0.05, 0.1) is 4.92 Å². The van der Waals surface area contributed by atoms with Gasteiger partial charge >= 0.3 is 5.69 Å². The van der Waals surface area contributed by atoms with Crippen molar-refractivity contribution in [1.29, 1.82) is 0 Å². The highest BCUT2D eigenvalue weighted by Crippen LogP contribution is 2.26. The first-order valence-corrected chi connectivity index (χ1v) is 6.35. The number of nitrogens with zero attached hydrogens (tertiary/aromatic N) is 3. The molecule has 0 bridgehead atoms. The van der Waals surface area contributed by atoms with Gasteiger partial charge in [-0.2, -0.15) is 4.98 Å². The lowest BCUT2D eigenvalue weighted by atomic mass is 10.2. The summed E-state index contributed by atoms with van der Waals surface area (Å²) in [6.07, 6.45) is 2.82. The van der Waals surface area contributed by atoms with Crippen LogP contribution in [-0.2, 0) is 4.74 Å². The molecule has 1 aromatic heterocycles. The lowest BCUT2D eigenvalue weighted by Crippen LogP contribution is -2.09. The van der Waals surface area contributed by atoms with Gasteiger partial charge in [0.15, 0.2) is 0 Å². The Balaban J connectivity index is 2.59. The molecule has 0 aliphatic carbocycles. The Morgan fingerprint density at radius 2 is 2.11 bits per heavy atom. The van der Waals surface area contributed by atoms with Gasteiger partial charge in [0.25, 0.3) is 0 Å². The maximum absolute atomic E-state index is 11.0. The minimum absolute atomic E-state index is 0.00461. The fourth-order valence-corrected chi connectivity index (χ4v) is 1.84. The predicted molar refractivity (Wildman–Crippen MR) is 72.7 cm³/mol. The number of ether oxygens (including phenoxy) is 1. The Morgan fingerprint density at radius 3 is 2.74 bits per heavy atom. The predicted octanol–water partition coefficient (Wildman–Crippen LogP) is 2.58. The summed E-state index contributed by atoms with van der Waals surface area (Å²) in [5.41, 5.74) is 0.133. The third-order valence-electron chi connectivity index (χ3n) is 2.53. The van der Waals surface area contributed by atoms with Gasteiger partial charge in [-0.15, -0.1) is 0 Å². The highest BCUT2D eigenvalue weighted by Gasteiger charge is 2.21. The summed E-state index contributed by atoms with van der Waals surface area (Å²) in [5, 5.41) is 13.9. The summed E-state index contributed by atoms with van der Waals surface area (Å²) >= 11 is 5.71. The van der Waals surface area contributed by atoms with Crippen molar-refractivity contribution >= 4 is 23.1 Å². The molecule has 106 valence electrons. The molecule has 1 aromatic rings. The number of aromatic nitrogens is 2.